The van der Waals surface area contributed by atoms with Crippen molar-refractivity contribution in [1.82, 2.24) is 4.98 Å². The smallest absolute Gasteiger partial charge is 0.341 e. The molecule has 0 radical (unpaired) electrons. The molecular weight excluding hydrogens is 309 g/mol. The molecule has 0 N–H and O–H groups in total. The van der Waals surface area contributed by atoms with E-state index in [0.29, 0.717) is 22.6 Å². The van der Waals surface area contributed by atoms with Gasteiger partial charge in [0.05, 0.1) is 12.7 Å². The second-order valence-electron chi connectivity index (χ2n) is 4.78. The predicted molar refractivity (Wildman–Crippen MR) is 80.8 cm³/mol. The number of halogens is 2. The Morgan fingerprint density at radius 1 is 1.32 bits per heavy atom. The van der Waals surface area contributed by atoms with E-state index in [4.69, 9.17) is 21.1 Å². The van der Waals surface area contributed by atoms with E-state index in [1.54, 1.807) is 19.9 Å². The zero-order chi connectivity index (χ0) is 16.3. The van der Waals surface area contributed by atoms with E-state index in [9.17, 15) is 9.18 Å². The van der Waals surface area contributed by atoms with Crippen molar-refractivity contribution in [3.05, 3.63) is 57.6 Å². The number of pyridine rings is 1. The summed E-state index contributed by atoms with van der Waals surface area (Å²) in [6.07, 6.45) is 0. The molecule has 0 spiro atoms. The number of ether oxygens (including phenoxy) is 2. The summed E-state index contributed by atoms with van der Waals surface area (Å²) in [7, 11) is 1.46. The lowest BCUT2D eigenvalue weighted by Crippen LogP contribution is -2.10. The Labute approximate surface area is 132 Å². The molecule has 1 heterocycles. The summed E-state index contributed by atoms with van der Waals surface area (Å²) in [5.74, 6) is -0.599. The Morgan fingerprint density at radius 2 is 2.05 bits per heavy atom. The Kier molecular flexibility index (Phi) is 4.98. The molecule has 0 aliphatic carbocycles. The minimum atomic E-state index is -0.610. The van der Waals surface area contributed by atoms with Crippen molar-refractivity contribution in [2.75, 3.05) is 7.11 Å². The first-order chi connectivity index (χ1) is 10.4. The number of aromatic nitrogens is 1. The van der Waals surface area contributed by atoms with Crippen molar-refractivity contribution in [3.63, 3.8) is 0 Å². The van der Waals surface area contributed by atoms with E-state index in [-0.39, 0.29) is 17.3 Å². The highest BCUT2D eigenvalue weighted by atomic mass is 35.5. The highest BCUT2D eigenvalue weighted by Crippen LogP contribution is 2.23. The van der Waals surface area contributed by atoms with Gasteiger partial charge in [-0.15, -0.1) is 0 Å². The predicted octanol–water partition coefficient (Wildman–Crippen LogP) is 3.86. The SMILES string of the molecule is COc1ccc(F)cc1COC(=O)c1c(C)cc(C)nc1Cl. The Morgan fingerprint density at radius 3 is 2.68 bits per heavy atom. The molecule has 22 heavy (non-hydrogen) atoms. The number of nitrogens with zero attached hydrogens (tertiary/aromatic N) is 1. The number of carbonyl (C=O) groups is 1. The molecule has 0 amide bonds. The van der Waals surface area contributed by atoms with Crippen molar-refractivity contribution in [3.8, 4) is 5.75 Å². The van der Waals surface area contributed by atoms with Gasteiger partial charge < -0.3 is 9.47 Å². The molecule has 0 saturated heterocycles. The van der Waals surface area contributed by atoms with E-state index in [2.05, 4.69) is 4.98 Å². The van der Waals surface area contributed by atoms with Crippen LogP contribution >= 0.6 is 11.6 Å². The van der Waals surface area contributed by atoms with Crippen LogP contribution in [0.4, 0.5) is 4.39 Å². The van der Waals surface area contributed by atoms with Crippen molar-refractivity contribution >= 4 is 17.6 Å². The van der Waals surface area contributed by atoms with Crippen LogP contribution in [0.1, 0.15) is 27.2 Å². The summed E-state index contributed by atoms with van der Waals surface area (Å²) in [5.41, 5.74) is 2.03. The molecule has 2 rings (SSSR count). The van der Waals surface area contributed by atoms with Crippen LogP contribution in [0.15, 0.2) is 24.3 Å². The molecule has 0 bridgehead atoms. The molecule has 0 aliphatic heterocycles. The maximum atomic E-state index is 13.3. The van der Waals surface area contributed by atoms with Crippen LogP contribution in [0.2, 0.25) is 5.15 Å². The lowest BCUT2D eigenvalue weighted by atomic mass is 10.1. The molecule has 0 saturated carbocycles. The third-order valence-corrected chi connectivity index (χ3v) is 3.38. The van der Waals surface area contributed by atoms with Crippen LogP contribution in [0.3, 0.4) is 0 Å². The maximum absolute atomic E-state index is 13.3. The minimum absolute atomic E-state index is 0.0914. The first kappa shape index (κ1) is 16.2. The van der Waals surface area contributed by atoms with Gasteiger partial charge in [-0.2, -0.15) is 0 Å². The van der Waals surface area contributed by atoms with Crippen molar-refractivity contribution < 1.29 is 18.7 Å². The van der Waals surface area contributed by atoms with Crippen LogP contribution < -0.4 is 4.74 Å². The number of hydrogen-bond donors (Lipinski definition) is 0. The van der Waals surface area contributed by atoms with Crippen LogP contribution in [-0.4, -0.2) is 18.1 Å². The normalized spacial score (nSPS) is 10.4. The summed E-state index contributed by atoms with van der Waals surface area (Å²) < 4.78 is 23.6. The summed E-state index contributed by atoms with van der Waals surface area (Å²) in [5, 5.41) is 0.0914. The third kappa shape index (κ3) is 3.54. The monoisotopic (exact) mass is 323 g/mol. The van der Waals surface area contributed by atoms with Gasteiger partial charge in [0.25, 0.3) is 0 Å². The standard InChI is InChI=1S/C16H15ClFNO3/c1-9-6-10(2)19-15(17)14(9)16(20)22-8-11-7-12(18)4-5-13(11)21-3/h4-7H,8H2,1-3H3. The number of benzene rings is 1. The number of methoxy groups -OCH3 is 1. The average molecular weight is 324 g/mol. The number of rotatable bonds is 4. The largest absolute Gasteiger partial charge is 0.496 e. The van der Waals surface area contributed by atoms with Gasteiger partial charge in [0.15, 0.2) is 0 Å². The van der Waals surface area contributed by atoms with Gasteiger partial charge in [-0.3, -0.25) is 0 Å². The summed E-state index contributed by atoms with van der Waals surface area (Å²) in [4.78, 5) is 16.2. The van der Waals surface area contributed by atoms with Gasteiger partial charge >= 0.3 is 5.97 Å². The quantitative estimate of drug-likeness (QED) is 0.633. The molecule has 0 atom stereocenters. The topological polar surface area (TPSA) is 48.4 Å². The van der Waals surface area contributed by atoms with Crippen LogP contribution in [0, 0.1) is 19.7 Å². The zero-order valence-electron chi connectivity index (χ0n) is 12.4. The van der Waals surface area contributed by atoms with Crippen LogP contribution in [-0.2, 0) is 11.3 Å². The van der Waals surface area contributed by atoms with Gasteiger partial charge in [0.2, 0.25) is 0 Å². The molecule has 0 aliphatic rings. The third-order valence-electron chi connectivity index (χ3n) is 3.11. The molecule has 116 valence electrons. The van der Waals surface area contributed by atoms with Gasteiger partial charge in [0, 0.05) is 11.3 Å². The van der Waals surface area contributed by atoms with Gasteiger partial charge in [-0.25, -0.2) is 14.2 Å². The van der Waals surface area contributed by atoms with Crippen LogP contribution in [0.25, 0.3) is 0 Å². The Bertz CT molecular complexity index is 696. The van der Waals surface area contributed by atoms with E-state index in [1.165, 1.54) is 25.3 Å². The number of aryl methyl sites for hydroxylation is 2. The second-order valence-corrected chi connectivity index (χ2v) is 5.14. The van der Waals surface area contributed by atoms with Crippen molar-refractivity contribution in [2.24, 2.45) is 0 Å². The molecule has 2 aromatic rings. The number of carbonyl (C=O) groups excluding carboxylic acids is 1. The molecule has 4 nitrogen and oxygen atoms in total. The maximum Gasteiger partial charge on any atom is 0.341 e. The summed E-state index contributed by atoms with van der Waals surface area (Å²) in [6, 6.07) is 5.75. The fourth-order valence-corrected chi connectivity index (χ4v) is 2.47. The molecule has 6 heteroatoms. The highest BCUT2D eigenvalue weighted by Gasteiger charge is 2.18. The lowest BCUT2D eigenvalue weighted by molar-refractivity contribution is 0.0468. The zero-order valence-corrected chi connectivity index (χ0v) is 13.2. The fraction of sp³-hybridized carbons (Fsp3) is 0.250. The molecule has 1 aromatic carbocycles. The van der Waals surface area contributed by atoms with E-state index < -0.39 is 11.8 Å². The summed E-state index contributed by atoms with van der Waals surface area (Å²) in [6.45, 7) is 3.41. The number of esters is 1. The lowest BCUT2D eigenvalue weighted by Gasteiger charge is -2.11. The minimum Gasteiger partial charge on any atom is -0.496 e. The van der Waals surface area contributed by atoms with E-state index in [0.717, 1.165) is 0 Å². The Hall–Kier alpha value is -2.14. The van der Waals surface area contributed by atoms with Crippen LogP contribution in [0.5, 0.6) is 5.75 Å². The molecule has 0 fully saturated rings. The van der Waals surface area contributed by atoms with Gasteiger partial charge in [-0.1, -0.05) is 11.6 Å². The molecule has 1 aromatic heterocycles. The van der Waals surface area contributed by atoms with Crippen molar-refractivity contribution in [1.29, 1.82) is 0 Å². The first-order valence-electron chi connectivity index (χ1n) is 6.55. The van der Waals surface area contributed by atoms with Gasteiger partial charge in [0.1, 0.15) is 23.3 Å². The van der Waals surface area contributed by atoms with Crippen molar-refractivity contribution in [2.45, 2.75) is 20.5 Å². The summed E-state index contributed by atoms with van der Waals surface area (Å²) >= 11 is 6.00. The molecular formula is C16H15ClFNO3. The first-order valence-corrected chi connectivity index (χ1v) is 6.93. The second kappa shape index (κ2) is 6.75. The average Bonchev–Trinajstić information content (AvgIpc) is 2.44. The Balaban J connectivity index is 2.19. The number of hydrogen-bond acceptors (Lipinski definition) is 4. The van der Waals surface area contributed by atoms with E-state index >= 15 is 0 Å². The van der Waals surface area contributed by atoms with E-state index in [1.807, 2.05) is 0 Å². The molecule has 0 unspecified atom stereocenters. The van der Waals surface area contributed by atoms with Gasteiger partial charge in [-0.05, 0) is 43.7 Å². The highest BCUT2D eigenvalue weighted by molar-refractivity contribution is 6.32. The fourth-order valence-electron chi connectivity index (χ4n) is 2.11.